The van der Waals surface area contributed by atoms with Gasteiger partial charge in [0.15, 0.2) is 0 Å². The summed E-state index contributed by atoms with van der Waals surface area (Å²) in [5.41, 5.74) is 1.79. The molecule has 0 fully saturated rings. The predicted molar refractivity (Wildman–Crippen MR) is 109 cm³/mol. The number of amides is 1. The van der Waals surface area contributed by atoms with Crippen LogP contribution < -0.4 is 5.32 Å². The molecular formula is C21H21N3O2S. The SMILES string of the molecule is CCCSC1=NC(C)=C(C(=O)Nc2ccccc2)C(c2ccco2)C1C#N. The number of anilines is 1. The van der Waals surface area contributed by atoms with Gasteiger partial charge in [0.1, 0.15) is 11.7 Å². The smallest absolute Gasteiger partial charge is 0.254 e. The average Bonchev–Trinajstić information content (AvgIpc) is 3.20. The molecule has 6 heteroatoms. The second-order valence-corrected chi connectivity index (χ2v) is 7.33. The summed E-state index contributed by atoms with van der Waals surface area (Å²) in [6, 6.07) is 15.2. The van der Waals surface area contributed by atoms with E-state index < -0.39 is 11.8 Å². The maximum absolute atomic E-state index is 13.1. The highest BCUT2D eigenvalue weighted by atomic mass is 32.2. The molecule has 0 spiro atoms. The van der Waals surface area contributed by atoms with Crippen LogP contribution in [0.5, 0.6) is 0 Å². The molecule has 27 heavy (non-hydrogen) atoms. The quantitative estimate of drug-likeness (QED) is 0.795. The molecule has 1 aromatic carbocycles. The number of carbonyl (C=O) groups excluding carboxylic acids is 1. The number of nitrogens with zero attached hydrogens (tertiary/aromatic N) is 2. The molecule has 1 aromatic heterocycles. The van der Waals surface area contributed by atoms with E-state index >= 15 is 0 Å². The van der Waals surface area contributed by atoms with Crippen molar-refractivity contribution in [3.05, 3.63) is 65.8 Å². The Morgan fingerprint density at radius 3 is 2.70 bits per heavy atom. The number of benzene rings is 1. The number of para-hydroxylation sites is 1. The van der Waals surface area contributed by atoms with Gasteiger partial charge in [0, 0.05) is 11.4 Å². The van der Waals surface area contributed by atoms with E-state index in [1.165, 1.54) is 0 Å². The average molecular weight is 379 g/mol. The van der Waals surface area contributed by atoms with Crippen LogP contribution in [-0.4, -0.2) is 16.7 Å². The van der Waals surface area contributed by atoms with Gasteiger partial charge in [-0.15, -0.1) is 11.8 Å². The van der Waals surface area contributed by atoms with Gasteiger partial charge >= 0.3 is 0 Å². The molecule has 0 aliphatic carbocycles. The van der Waals surface area contributed by atoms with E-state index in [-0.39, 0.29) is 5.91 Å². The highest BCUT2D eigenvalue weighted by molar-refractivity contribution is 8.14. The summed E-state index contributed by atoms with van der Waals surface area (Å²) in [6.07, 6.45) is 2.55. The Labute approximate surface area is 163 Å². The van der Waals surface area contributed by atoms with Crippen molar-refractivity contribution in [1.82, 2.24) is 0 Å². The molecule has 2 aromatic rings. The first-order valence-electron chi connectivity index (χ1n) is 8.87. The fourth-order valence-corrected chi connectivity index (χ4v) is 4.07. The molecule has 2 atom stereocenters. The number of carbonyl (C=O) groups is 1. The summed E-state index contributed by atoms with van der Waals surface area (Å²) in [7, 11) is 0. The van der Waals surface area contributed by atoms with Crippen molar-refractivity contribution in [3.63, 3.8) is 0 Å². The van der Waals surface area contributed by atoms with E-state index in [2.05, 4.69) is 23.3 Å². The molecule has 1 N–H and O–H groups in total. The number of allylic oxidation sites excluding steroid dienone is 1. The van der Waals surface area contributed by atoms with E-state index in [9.17, 15) is 10.1 Å². The molecule has 0 bridgehead atoms. The molecule has 0 saturated heterocycles. The van der Waals surface area contributed by atoms with E-state index in [0.717, 1.165) is 17.2 Å². The lowest BCUT2D eigenvalue weighted by Gasteiger charge is -2.28. The van der Waals surface area contributed by atoms with Crippen LogP contribution in [0.4, 0.5) is 5.69 Å². The number of thioether (sulfide) groups is 1. The molecule has 138 valence electrons. The summed E-state index contributed by atoms with van der Waals surface area (Å²) in [6.45, 7) is 3.90. The fourth-order valence-electron chi connectivity index (χ4n) is 3.09. The zero-order valence-electron chi connectivity index (χ0n) is 15.3. The standard InChI is InChI=1S/C21H21N3O2S/c1-3-12-27-21-16(13-22)19(17-10-7-11-26-17)18(14(2)23-21)20(25)24-15-8-5-4-6-9-15/h4-11,16,19H,3,12H2,1-2H3,(H,24,25). The molecule has 0 radical (unpaired) electrons. The highest BCUT2D eigenvalue weighted by Gasteiger charge is 2.40. The normalized spacial score (nSPS) is 19.4. The van der Waals surface area contributed by atoms with Gasteiger partial charge in [0.25, 0.3) is 5.91 Å². The minimum atomic E-state index is -0.548. The van der Waals surface area contributed by atoms with Crippen molar-refractivity contribution in [2.75, 3.05) is 11.1 Å². The lowest BCUT2D eigenvalue weighted by Crippen LogP contribution is -2.31. The van der Waals surface area contributed by atoms with Gasteiger partial charge in [0.2, 0.25) is 0 Å². The first kappa shape index (κ1) is 19.0. The zero-order valence-corrected chi connectivity index (χ0v) is 16.1. The first-order chi connectivity index (χ1) is 13.2. The van der Waals surface area contributed by atoms with Gasteiger partial charge in [-0.3, -0.25) is 4.79 Å². The van der Waals surface area contributed by atoms with E-state index in [1.807, 2.05) is 43.3 Å². The molecule has 1 aliphatic heterocycles. The van der Waals surface area contributed by atoms with Gasteiger partial charge in [-0.1, -0.05) is 25.1 Å². The Morgan fingerprint density at radius 1 is 1.30 bits per heavy atom. The summed E-state index contributed by atoms with van der Waals surface area (Å²) >= 11 is 1.57. The third kappa shape index (κ3) is 4.15. The Hall–Kier alpha value is -2.78. The Kier molecular flexibility index (Phi) is 6.15. The number of nitriles is 1. The maximum atomic E-state index is 13.1. The summed E-state index contributed by atoms with van der Waals surface area (Å²) < 4.78 is 5.61. The zero-order chi connectivity index (χ0) is 19.2. The number of hydrogen-bond donors (Lipinski definition) is 1. The Balaban J connectivity index is 2.02. The number of aliphatic imine (C=N–C) groups is 1. The van der Waals surface area contributed by atoms with Gasteiger partial charge in [-0.25, -0.2) is 4.99 Å². The van der Waals surface area contributed by atoms with Gasteiger partial charge in [-0.05, 0) is 43.4 Å². The lowest BCUT2D eigenvalue weighted by atomic mass is 9.81. The van der Waals surface area contributed by atoms with E-state index in [4.69, 9.17) is 4.42 Å². The molecule has 2 heterocycles. The molecule has 5 nitrogen and oxygen atoms in total. The van der Waals surface area contributed by atoms with Crippen molar-refractivity contribution < 1.29 is 9.21 Å². The van der Waals surface area contributed by atoms with Crippen LogP contribution in [0, 0.1) is 17.2 Å². The highest BCUT2D eigenvalue weighted by Crippen LogP contribution is 2.41. The van der Waals surface area contributed by atoms with Crippen molar-refractivity contribution in [3.8, 4) is 6.07 Å². The van der Waals surface area contributed by atoms with Crippen molar-refractivity contribution in [1.29, 1.82) is 5.26 Å². The molecule has 3 rings (SSSR count). The van der Waals surface area contributed by atoms with Gasteiger partial charge < -0.3 is 9.73 Å². The largest absolute Gasteiger partial charge is 0.469 e. The van der Waals surface area contributed by atoms with Crippen LogP contribution >= 0.6 is 11.8 Å². The molecular weight excluding hydrogens is 358 g/mol. The lowest BCUT2D eigenvalue weighted by molar-refractivity contribution is -0.113. The number of nitrogens with one attached hydrogen (secondary N) is 1. The molecule has 1 amide bonds. The Bertz CT molecular complexity index is 895. The summed E-state index contributed by atoms with van der Waals surface area (Å²) in [4.78, 5) is 17.7. The van der Waals surface area contributed by atoms with Gasteiger partial charge in [0.05, 0.1) is 28.9 Å². The number of furan rings is 1. The van der Waals surface area contributed by atoms with Crippen LogP contribution in [0.2, 0.25) is 0 Å². The predicted octanol–water partition coefficient (Wildman–Crippen LogP) is 4.97. The Morgan fingerprint density at radius 2 is 2.07 bits per heavy atom. The third-order valence-electron chi connectivity index (χ3n) is 4.30. The van der Waals surface area contributed by atoms with Gasteiger partial charge in [-0.2, -0.15) is 5.26 Å². The molecule has 1 aliphatic rings. The minimum Gasteiger partial charge on any atom is -0.469 e. The van der Waals surface area contributed by atoms with Crippen LogP contribution in [0.1, 0.15) is 31.9 Å². The van der Waals surface area contributed by atoms with Crippen LogP contribution in [-0.2, 0) is 4.79 Å². The summed E-state index contributed by atoms with van der Waals surface area (Å²) in [5.74, 6) is 0.187. The topological polar surface area (TPSA) is 78.4 Å². The first-order valence-corrected chi connectivity index (χ1v) is 9.85. The number of rotatable bonds is 5. The second-order valence-electron chi connectivity index (χ2n) is 6.22. The van der Waals surface area contributed by atoms with Crippen LogP contribution in [0.3, 0.4) is 0 Å². The summed E-state index contributed by atoms with van der Waals surface area (Å²) in [5, 5.41) is 13.5. The van der Waals surface area contributed by atoms with Crippen molar-refractivity contribution >= 4 is 28.4 Å². The fraction of sp³-hybridized carbons (Fsp3) is 0.286. The van der Waals surface area contributed by atoms with E-state index in [1.54, 1.807) is 24.1 Å². The monoisotopic (exact) mass is 379 g/mol. The van der Waals surface area contributed by atoms with Crippen LogP contribution in [0.15, 0.2) is 69.4 Å². The molecule has 2 unspecified atom stereocenters. The maximum Gasteiger partial charge on any atom is 0.254 e. The second kappa shape index (κ2) is 8.74. The van der Waals surface area contributed by atoms with Crippen molar-refractivity contribution in [2.45, 2.75) is 26.2 Å². The van der Waals surface area contributed by atoms with Crippen molar-refractivity contribution in [2.24, 2.45) is 10.9 Å². The van der Waals surface area contributed by atoms with Crippen LogP contribution in [0.25, 0.3) is 0 Å². The third-order valence-corrected chi connectivity index (χ3v) is 5.55. The van der Waals surface area contributed by atoms with E-state index in [0.29, 0.717) is 22.7 Å². The minimum absolute atomic E-state index is 0.261. The molecule has 0 saturated carbocycles. The number of hydrogen-bond acceptors (Lipinski definition) is 5.